The topological polar surface area (TPSA) is 91.7 Å². The summed E-state index contributed by atoms with van der Waals surface area (Å²) in [5, 5.41) is 6.18. The summed E-state index contributed by atoms with van der Waals surface area (Å²) in [5.41, 5.74) is 1.44. The van der Waals surface area contributed by atoms with E-state index in [0.717, 1.165) is 30.1 Å². The maximum Gasteiger partial charge on any atom is 0.226 e. The SMILES string of the molecule is CNc1nc(NCCc2ccco2)c2[nH]cnc2n1. The van der Waals surface area contributed by atoms with Gasteiger partial charge in [0.1, 0.15) is 11.3 Å². The summed E-state index contributed by atoms with van der Waals surface area (Å²) in [5.74, 6) is 2.22. The number of anilines is 2. The minimum absolute atomic E-state index is 0.542. The Kier molecular flexibility index (Phi) is 3.01. The van der Waals surface area contributed by atoms with Gasteiger partial charge in [0.2, 0.25) is 5.95 Å². The molecule has 0 aliphatic heterocycles. The monoisotopic (exact) mass is 258 g/mol. The molecule has 0 bridgehead atoms. The normalized spacial score (nSPS) is 10.8. The van der Waals surface area contributed by atoms with E-state index in [1.807, 2.05) is 12.1 Å². The summed E-state index contributed by atoms with van der Waals surface area (Å²) < 4.78 is 5.28. The molecule has 0 radical (unpaired) electrons. The number of hydrogen-bond acceptors (Lipinski definition) is 6. The van der Waals surface area contributed by atoms with E-state index in [1.165, 1.54) is 0 Å². The van der Waals surface area contributed by atoms with Crippen molar-refractivity contribution in [2.75, 3.05) is 24.2 Å². The van der Waals surface area contributed by atoms with Gasteiger partial charge in [-0.3, -0.25) is 0 Å². The molecule has 0 saturated heterocycles. The molecular weight excluding hydrogens is 244 g/mol. The smallest absolute Gasteiger partial charge is 0.226 e. The number of imidazole rings is 1. The van der Waals surface area contributed by atoms with E-state index in [9.17, 15) is 0 Å². The summed E-state index contributed by atoms with van der Waals surface area (Å²) in [4.78, 5) is 15.8. The summed E-state index contributed by atoms with van der Waals surface area (Å²) in [6.45, 7) is 0.724. The first-order valence-corrected chi connectivity index (χ1v) is 6.02. The van der Waals surface area contributed by atoms with Gasteiger partial charge in [-0.15, -0.1) is 0 Å². The van der Waals surface area contributed by atoms with Gasteiger partial charge in [0.25, 0.3) is 0 Å². The Labute approximate surface area is 109 Å². The summed E-state index contributed by atoms with van der Waals surface area (Å²) in [7, 11) is 1.78. The van der Waals surface area contributed by atoms with Crippen LogP contribution in [0.5, 0.6) is 0 Å². The molecule has 19 heavy (non-hydrogen) atoms. The van der Waals surface area contributed by atoms with Crippen molar-refractivity contribution < 1.29 is 4.42 Å². The van der Waals surface area contributed by atoms with E-state index in [-0.39, 0.29) is 0 Å². The molecule has 0 fully saturated rings. The molecule has 98 valence electrons. The van der Waals surface area contributed by atoms with E-state index >= 15 is 0 Å². The molecule has 0 spiro atoms. The largest absolute Gasteiger partial charge is 0.469 e. The number of fused-ring (bicyclic) bond motifs is 1. The Bertz CT molecular complexity index is 660. The van der Waals surface area contributed by atoms with E-state index in [4.69, 9.17) is 4.42 Å². The van der Waals surface area contributed by atoms with E-state index in [2.05, 4.69) is 30.6 Å². The molecule has 3 N–H and O–H groups in total. The van der Waals surface area contributed by atoms with Crippen LogP contribution in [0.1, 0.15) is 5.76 Å². The highest BCUT2D eigenvalue weighted by atomic mass is 16.3. The van der Waals surface area contributed by atoms with Crippen molar-refractivity contribution in [1.29, 1.82) is 0 Å². The van der Waals surface area contributed by atoms with Crippen LogP contribution < -0.4 is 10.6 Å². The van der Waals surface area contributed by atoms with Gasteiger partial charge >= 0.3 is 0 Å². The maximum absolute atomic E-state index is 5.28. The van der Waals surface area contributed by atoms with Gasteiger partial charge in [-0.05, 0) is 12.1 Å². The van der Waals surface area contributed by atoms with Gasteiger partial charge in [-0.2, -0.15) is 9.97 Å². The van der Waals surface area contributed by atoms with Crippen LogP contribution in [-0.4, -0.2) is 33.5 Å². The van der Waals surface area contributed by atoms with Gasteiger partial charge in [0, 0.05) is 20.0 Å². The lowest BCUT2D eigenvalue weighted by Crippen LogP contribution is -2.08. The first kappa shape index (κ1) is 11.5. The highest BCUT2D eigenvalue weighted by molar-refractivity contribution is 5.83. The zero-order chi connectivity index (χ0) is 13.1. The fraction of sp³-hybridized carbons (Fsp3) is 0.250. The number of nitrogens with one attached hydrogen (secondary N) is 3. The molecular formula is C12H14N6O. The molecule has 7 nitrogen and oxygen atoms in total. The highest BCUT2D eigenvalue weighted by Gasteiger charge is 2.08. The number of rotatable bonds is 5. The molecule has 7 heteroatoms. The van der Waals surface area contributed by atoms with Gasteiger partial charge in [0.15, 0.2) is 11.5 Å². The van der Waals surface area contributed by atoms with Crippen molar-refractivity contribution in [2.45, 2.75) is 6.42 Å². The molecule has 0 aromatic carbocycles. The molecule has 3 heterocycles. The average Bonchev–Trinajstić information content (AvgIpc) is 3.08. The quantitative estimate of drug-likeness (QED) is 0.644. The second-order valence-electron chi connectivity index (χ2n) is 4.00. The van der Waals surface area contributed by atoms with Gasteiger partial charge < -0.3 is 20.0 Å². The van der Waals surface area contributed by atoms with Crippen LogP contribution >= 0.6 is 0 Å². The third-order valence-electron chi connectivity index (χ3n) is 2.75. The lowest BCUT2D eigenvalue weighted by Gasteiger charge is -2.07. The maximum atomic E-state index is 5.28. The third-order valence-corrected chi connectivity index (χ3v) is 2.75. The van der Waals surface area contributed by atoms with Crippen molar-refractivity contribution in [1.82, 2.24) is 19.9 Å². The molecule has 3 aromatic heterocycles. The van der Waals surface area contributed by atoms with Crippen LogP contribution in [0.15, 0.2) is 29.1 Å². The molecule has 0 amide bonds. The van der Waals surface area contributed by atoms with Crippen molar-refractivity contribution in [3.05, 3.63) is 30.5 Å². The van der Waals surface area contributed by atoms with E-state index in [0.29, 0.717) is 11.6 Å². The predicted molar refractivity (Wildman–Crippen MR) is 72.1 cm³/mol. The standard InChI is InChI=1S/C12H14N6O/c1-13-12-17-10(9-11(18-12)16-7-15-9)14-5-4-8-3-2-6-19-8/h2-3,6-7H,4-5H2,1H3,(H3,13,14,15,16,17,18). The minimum Gasteiger partial charge on any atom is -0.469 e. The fourth-order valence-electron chi connectivity index (χ4n) is 1.83. The molecule has 0 atom stereocenters. The molecule has 0 unspecified atom stereocenters. The molecule has 0 aliphatic rings. The van der Waals surface area contributed by atoms with E-state index in [1.54, 1.807) is 19.6 Å². The Morgan fingerprint density at radius 3 is 3.11 bits per heavy atom. The Morgan fingerprint density at radius 1 is 1.37 bits per heavy atom. The highest BCUT2D eigenvalue weighted by Crippen LogP contribution is 2.18. The van der Waals surface area contributed by atoms with Crippen LogP contribution in [0.3, 0.4) is 0 Å². The molecule has 0 saturated carbocycles. The summed E-state index contributed by atoms with van der Waals surface area (Å²) in [6.07, 6.45) is 4.07. The Hall–Kier alpha value is -2.57. The zero-order valence-electron chi connectivity index (χ0n) is 10.5. The second-order valence-corrected chi connectivity index (χ2v) is 4.00. The number of aromatic nitrogens is 4. The summed E-state index contributed by atoms with van der Waals surface area (Å²) in [6, 6.07) is 3.83. The first-order chi connectivity index (χ1) is 9.36. The van der Waals surface area contributed by atoms with Crippen LogP contribution in [0, 0.1) is 0 Å². The van der Waals surface area contributed by atoms with Crippen molar-refractivity contribution in [3.8, 4) is 0 Å². The second kappa shape index (κ2) is 4.97. The summed E-state index contributed by atoms with van der Waals surface area (Å²) >= 11 is 0. The van der Waals surface area contributed by atoms with Gasteiger partial charge in [-0.25, -0.2) is 4.98 Å². The number of H-pyrrole nitrogens is 1. The first-order valence-electron chi connectivity index (χ1n) is 6.02. The van der Waals surface area contributed by atoms with Crippen LogP contribution in [0.2, 0.25) is 0 Å². The predicted octanol–water partition coefficient (Wildman–Crippen LogP) is 1.64. The zero-order valence-corrected chi connectivity index (χ0v) is 10.5. The Balaban J connectivity index is 1.77. The number of hydrogen-bond donors (Lipinski definition) is 3. The van der Waals surface area contributed by atoms with Crippen LogP contribution in [0.4, 0.5) is 11.8 Å². The van der Waals surface area contributed by atoms with Crippen molar-refractivity contribution in [3.63, 3.8) is 0 Å². The van der Waals surface area contributed by atoms with Gasteiger partial charge in [-0.1, -0.05) is 0 Å². The van der Waals surface area contributed by atoms with Gasteiger partial charge in [0.05, 0.1) is 12.6 Å². The van der Waals surface area contributed by atoms with Crippen LogP contribution in [-0.2, 0) is 6.42 Å². The van der Waals surface area contributed by atoms with Crippen molar-refractivity contribution in [2.24, 2.45) is 0 Å². The van der Waals surface area contributed by atoms with Crippen LogP contribution in [0.25, 0.3) is 11.2 Å². The number of aromatic amines is 1. The van der Waals surface area contributed by atoms with E-state index < -0.39 is 0 Å². The minimum atomic E-state index is 0.542. The Morgan fingerprint density at radius 2 is 2.32 bits per heavy atom. The third kappa shape index (κ3) is 2.35. The number of nitrogens with zero attached hydrogens (tertiary/aromatic N) is 3. The average molecular weight is 258 g/mol. The number of furan rings is 1. The molecule has 3 rings (SSSR count). The van der Waals surface area contributed by atoms with Crippen molar-refractivity contribution >= 4 is 22.9 Å². The lowest BCUT2D eigenvalue weighted by atomic mass is 10.3. The lowest BCUT2D eigenvalue weighted by molar-refractivity contribution is 0.513. The molecule has 0 aliphatic carbocycles. The fourth-order valence-corrected chi connectivity index (χ4v) is 1.83. The molecule has 3 aromatic rings.